The molecule has 1 amide bonds. The maximum atomic E-state index is 12.2. The van der Waals surface area contributed by atoms with Gasteiger partial charge in [0.05, 0.1) is 10.6 Å². The van der Waals surface area contributed by atoms with Gasteiger partial charge in [-0.15, -0.1) is 16.4 Å². The molecule has 7 heteroatoms. The van der Waals surface area contributed by atoms with Crippen molar-refractivity contribution in [2.75, 3.05) is 5.75 Å². The van der Waals surface area contributed by atoms with Crippen LogP contribution in [0.25, 0.3) is 10.7 Å². The minimum atomic E-state index is 0.0726. The third kappa shape index (κ3) is 4.14. The van der Waals surface area contributed by atoms with Crippen LogP contribution < -0.4 is 5.32 Å². The number of hydrogen-bond donors (Lipinski definition) is 2. The fraction of sp³-hybridized carbons (Fsp3) is 0.562. The Balaban J connectivity index is 1.49. The van der Waals surface area contributed by atoms with E-state index in [4.69, 9.17) is 0 Å². The topological polar surface area (TPSA) is 70.7 Å². The fourth-order valence-electron chi connectivity index (χ4n) is 3.00. The van der Waals surface area contributed by atoms with Gasteiger partial charge in [0.1, 0.15) is 0 Å². The molecule has 1 saturated carbocycles. The summed E-state index contributed by atoms with van der Waals surface area (Å²) in [5, 5.41) is 12.9. The number of H-pyrrole nitrogens is 1. The molecule has 0 saturated heterocycles. The van der Waals surface area contributed by atoms with Gasteiger partial charge in [-0.25, -0.2) is 4.98 Å². The molecule has 2 aromatic heterocycles. The summed E-state index contributed by atoms with van der Waals surface area (Å²) in [6, 6.07) is 4.29. The largest absolute Gasteiger partial charge is 0.352 e. The lowest BCUT2D eigenvalue weighted by molar-refractivity contribution is -0.120. The number of thiophene rings is 1. The van der Waals surface area contributed by atoms with Crippen LogP contribution in [0.4, 0.5) is 0 Å². The van der Waals surface area contributed by atoms with E-state index >= 15 is 0 Å². The van der Waals surface area contributed by atoms with Crippen LogP contribution in [0.5, 0.6) is 0 Å². The highest BCUT2D eigenvalue weighted by Crippen LogP contribution is 2.29. The quantitative estimate of drug-likeness (QED) is 0.809. The van der Waals surface area contributed by atoms with Crippen molar-refractivity contribution in [3.63, 3.8) is 0 Å². The van der Waals surface area contributed by atoms with Crippen LogP contribution in [0.3, 0.4) is 0 Å². The van der Waals surface area contributed by atoms with Crippen molar-refractivity contribution in [2.24, 2.45) is 11.8 Å². The van der Waals surface area contributed by atoms with E-state index in [1.54, 1.807) is 11.3 Å². The summed E-state index contributed by atoms with van der Waals surface area (Å²) in [6.45, 7) is 4.52. The highest BCUT2D eigenvalue weighted by molar-refractivity contribution is 7.99. The van der Waals surface area contributed by atoms with Crippen LogP contribution >= 0.6 is 23.1 Å². The van der Waals surface area contributed by atoms with Crippen molar-refractivity contribution in [1.82, 2.24) is 20.5 Å². The number of nitrogens with zero attached hydrogens (tertiary/aromatic N) is 2. The number of aromatic nitrogens is 3. The molecule has 1 aliphatic carbocycles. The molecule has 3 atom stereocenters. The molecule has 0 spiro atoms. The normalized spacial score (nSPS) is 24.5. The van der Waals surface area contributed by atoms with Gasteiger partial charge in [0.2, 0.25) is 11.1 Å². The molecule has 23 heavy (non-hydrogen) atoms. The second kappa shape index (κ2) is 7.49. The number of rotatable bonds is 5. The maximum Gasteiger partial charge on any atom is 0.230 e. The van der Waals surface area contributed by atoms with Gasteiger partial charge in [-0.1, -0.05) is 44.5 Å². The van der Waals surface area contributed by atoms with Crippen molar-refractivity contribution in [1.29, 1.82) is 0 Å². The first-order valence-corrected chi connectivity index (χ1v) is 9.88. The lowest BCUT2D eigenvalue weighted by Gasteiger charge is -2.34. The molecule has 0 aliphatic heterocycles. The minimum absolute atomic E-state index is 0.0726. The zero-order valence-corrected chi connectivity index (χ0v) is 15.0. The zero-order valence-electron chi connectivity index (χ0n) is 13.4. The van der Waals surface area contributed by atoms with E-state index in [1.165, 1.54) is 24.6 Å². The van der Waals surface area contributed by atoms with Crippen LogP contribution in [-0.2, 0) is 4.79 Å². The van der Waals surface area contributed by atoms with Gasteiger partial charge >= 0.3 is 0 Å². The van der Waals surface area contributed by atoms with Gasteiger partial charge in [0.25, 0.3) is 0 Å². The number of nitrogens with one attached hydrogen (secondary N) is 2. The Hall–Kier alpha value is -1.34. The number of carbonyl (C=O) groups excluding carboxylic acids is 1. The molecule has 0 bridgehead atoms. The van der Waals surface area contributed by atoms with Crippen molar-refractivity contribution >= 4 is 29.0 Å². The van der Waals surface area contributed by atoms with E-state index in [0.29, 0.717) is 28.8 Å². The SMILES string of the molecule is C[C@@H]1[C@@H](C)CCC[C@H]1NC(=O)CSc1n[nH]c(-c2cccs2)n1. The first-order valence-electron chi connectivity index (χ1n) is 8.02. The number of amides is 1. The van der Waals surface area contributed by atoms with Crippen molar-refractivity contribution < 1.29 is 4.79 Å². The van der Waals surface area contributed by atoms with E-state index in [9.17, 15) is 4.79 Å². The highest BCUT2D eigenvalue weighted by Gasteiger charge is 2.28. The molecule has 2 aromatic rings. The van der Waals surface area contributed by atoms with Gasteiger partial charge in [0.15, 0.2) is 5.82 Å². The van der Waals surface area contributed by atoms with Crippen LogP contribution in [0.1, 0.15) is 33.1 Å². The first-order chi connectivity index (χ1) is 11.1. The van der Waals surface area contributed by atoms with Gasteiger partial charge in [-0.2, -0.15) is 0 Å². The van der Waals surface area contributed by atoms with E-state index in [2.05, 4.69) is 34.3 Å². The Morgan fingerprint density at radius 3 is 3.13 bits per heavy atom. The molecule has 124 valence electrons. The van der Waals surface area contributed by atoms with Crippen molar-refractivity contribution in [2.45, 2.75) is 44.3 Å². The average Bonchev–Trinajstić information content (AvgIpc) is 3.20. The number of carbonyl (C=O) groups is 1. The summed E-state index contributed by atoms with van der Waals surface area (Å²) >= 11 is 2.99. The molecular weight excluding hydrogens is 328 g/mol. The Bertz CT molecular complexity index is 640. The smallest absolute Gasteiger partial charge is 0.230 e. The Morgan fingerprint density at radius 1 is 1.48 bits per heavy atom. The Labute approximate surface area is 144 Å². The monoisotopic (exact) mass is 350 g/mol. The predicted molar refractivity (Wildman–Crippen MR) is 94.5 cm³/mol. The first kappa shape index (κ1) is 16.5. The van der Waals surface area contributed by atoms with Crippen molar-refractivity contribution in [3.8, 4) is 10.7 Å². The molecule has 1 fully saturated rings. The summed E-state index contributed by atoms with van der Waals surface area (Å²) in [6.07, 6.45) is 3.56. The Morgan fingerprint density at radius 2 is 2.35 bits per heavy atom. The standard InChI is InChI=1S/C16H22N4OS2/c1-10-5-3-6-12(11(10)2)17-14(21)9-23-16-18-15(19-20-16)13-7-4-8-22-13/h4,7-8,10-12H,3,5-6,9H2,1-2H3,(H,17,21)(H,18,19,20)/t10-,11+,12+/m0/s1. The summed E-state index contributed by atoms with van der Waals surface area (Å²) in [5.74, 6) is 2.43. The zero-order chi connectivity index (χ0) is 16.2. The van der Waals surface area contributed by atoms with Crippen LogP contribution in [-0.4, -0.2) is 32.9 Å². The van der Waals surface area contributed by atoms with Crippen LogP contribution in [0, 0.1) is 11.8 Å². The van der Waals surface area contributed by atoms with Gasteiger partial charge in [-0.05, 0) is 29.7 Å². The molecule has 0 unspecified atom stereocenters. The second-order valence-electron chi connectivity index (χ2n) is 6.17. The molecule has 3 rings (SSSR count). The molecular formula is C16H22N4OS2. The van der Waals surface area contributed by atoms with Crippen LogP contribution in [0.15, 0.2) is 22.7 Å². The molecule has 0 aromatic carbocycles. The maximum absolute atomic E-state index is 12.2. The Kier molecular flexibility index (Phi) is 5.38. The summed E-state index contributed by atoms with van der Waals surface area (Å²) in [7, 11) is 0. The van der Waals surface area contributed by atoms with Gasteiger partial charge in [0, 0.05) is 6.04 Å². The average molecular weight is 351 g/mol. The molecule has 0 radical (unpaired) electrons. The lowest BCUT2D eigenvalue weighted by Crippen LogP contribution is -2.44. The van der Waals surface area contributed by atoms with Crippen molar-refractivity contribution in [3.05, 3.63) is 17.5 Å². The highest BCUT2D eigenvalue weighted by atomic mass is 32.2. The lowest BCUT2D eigenvalue weighted by atomic mass is 9.78. The predicted octanol–water partition coefficient (Wildman–Crippen LogP) is 3.57. The summed E-state index contributed by atoms with van der Waals surface area (Å²) < 4.78 is 0. The molecule has 1 aliphatic rings. The number of aromatic amines is 1. The van der Waals surface area contributed by atoms with Gasteiger partial charge < -0.3 is 5.32 Å². The second-order valence-corrected chi connectivity index (χ2v) is 8.06. The third-order valence-corrected chi connectivity index (χ3v) is 6.33. The van der Waals surface area contributed by atoms with E-state index in [1.807, 2.05) is 17.5 Å². The number of hydrogen-bond acceptors (Lipinski definition) is 5. The van der Waals surface area contributed by atoms with E-state index in [0.717, 1.165) is 17.1 Å². The van der Waals surface area contributed by atoms with Gasteiger partial charge in [-0.3, -0.25) is 9.89 Å². The molecule has 2 heterocycles. The fourth-order valence-corrected chi connectivity index (χ4v) is 4.27. The summed E-state index contributed by atoms with van der Waals surface area (Å²) in [4.78, 5) is 17.7. The number of thioether (sulfide) groups is 1. The minimum Gasteiger partial charge on any atom is -0.352 e. The molecule has 2 N–H and O–H groups in total. The van der Waals surface area contributed by atoms with E-state index in [-0.39, 0.29) is 5.91 Å². The summed E-state index contributed by atoms with van der Waals surface area (Å²) in [5.41, 5.74) is 0. The molecule has 5 nitrogen and oxygen atoms in total. The van der Waals surface area contributed by atoms with E-state index < -0.39 is 0 Å². The third-order valence-electron chi connectivity index (χ3n) is 4.61. The van der Waals surface area contributed by atoms with Crippen LogP contribution in [0.2, 0.25) is 0 Å².